The molecule has 4 rings (SSSR count). The molecule has 1 fully saturated rings. The highest BCUT2D eigenvalue weighted by Gasteiger charge is 2.33. The Labute approximate surface area is 175 Å². The van der Waals surface area contributed by atoms with Gasteiger partial charge in [-0.15, -0.1) is 0 Å². The molecule has 1 atom stereocenters. The van der Waals surface area contributed by atoms with Crippen LogP contribution in [0.25, 0.3) is 5.69 Å². The van der Waals surface area contributed by atoms with Crippen LogP contribution in [0.5, 0.6) is 5.88 Å². The van der Waals surface area contributed by atoms with Gasteiger partial charge < -0.3 is 9.64 Å². The number of carbonyl (C=O) groups is 1. The first-order valence-corrected chi connectivity index (χ1v) is 9.64. The van der Waals surface area contributed by atoms with Gasteiger partial charge in [0, 0.05) is 6.54 Å². The molecule has 8 nitrogen and oxygen atoms in total. The van der Waals surface area contributed by atoms with Crippen LogP contribution < -0.4 is 4.74 Å². The van der Waals surface area contributed by atoms with Crippen LogP contribution in [0.4, 0.5) is 13.2 Å². The number of carbonyl (C=O) groups excluding carboxylic acids is 1. The van der Waals surface area contributed by atoms with E-state index in [0.717, 1.165) is 11.8 Å². The predicted octanol–water partition coefficient (Wildman–Crippen LogP) is 3.07. The van der Waals surface area contributed by atoms with Crippen molar-refractivity contribution < 1.29 is 22.7 Å². The van der Waals surface area contributed by atoms with E-state index in [2.05, 4.69) is 20.2 Å². The Morgan fingerprint density at radius 2 is 1.94 bits per heavy atom. The lowest BCUT2D eigenvalue weighted by Gasteiger charge is -2.33. The molecule has 1 aliphatic rings. The maximum Gasteiger partial charge on any atom is 0.434 e. The number of aromatic nitrogens is 5. The van der Waals surface area contributed by atoms with Gasteiger partial charge in [-0.25, -0.2) is 9.97 Å². The molecule has 162 valence electrons. The highest BCUT2D eigenvalue weighted by atomic mass is 19.4. The molecule has 0 N–H and O–H groups in total. The molecule has 11 heteroatoms. The van der Waals surface area contributed by atoms with Gasteiger partial charge in [0.2, 0.25) is 5.88 Å². The molecular formula is C20H19F3N6O2. The SMILES string of the molecule is Cc1ccc(C(=O)N2CCCC(Oc3cnc(C(F)(F)F)cn3)C2)c(-n2nccn2)c1. The fourth-order valence-electron chi connectivity index (χ4n) is 3.41. The average molecular weight is 432 g/mol. The number of piperidine rings is 1. The zero-order chi connectivity index (χ0) is 22.0. The minimum Gasteiger partial charge on any atom is -0.471 e. The molecule has 31 heavy (non-hydrogen) atoms. The number of hydrogen-bond donors (Lipinski definition) is 0. The molecule has 0 aliphatic carbocycles. The quantitative estimate of drug-likeness (QED) is 0.630. The van der Waals surface area contributed by atoms with E-state index in [1.807, 2.05) is 19.1 Å². The monoisotopic (exact) mass is 432 g/mol. The Morgan fingerprint density at radius 3 is 2.61 bits per heavy atom. The van der Waals surface area contributed by atoms with Gasteiger partial charge in [0.25, 0.3) is 5.91 Å². The molecule has 2 aromatic heterocycles. The van der Waals surface area contributed by atoms with Gasteiger partial charge in [-0.1, -0.05) is 6.07 Å². The topological polar surface area (TPSA) is 86.0 Å². The number of hydrogen-bond acceptors (Lipinski definition) is 6. The van der Waals surface area contributed by atoms with E-state index < -0.39 is 18.0 Å². The molecule has 1 aromatic carbocycles. The van der Waals surface area contributed by atoms with Gasteiger partial charge in [0.1, 0.15) is 6.10 Å². The summed E-state index contributed by atoms with van der Waals surface area (Å²) in [4.78, 5) is 23.3. The van der Waals surface area contributed by atoms with E-state index >= 15 is 0 Å². The lowest BCUT2D eigenvalue weighted by molar-refractivity contribution is -0.141. The van der Waals surface area contributed by atoms with Crippen molar-refractivity contribution in [2.75, 3.05) is 13.1 Å². The Balaban J connectivity index is 1.49. The first-order valence-electron chi connectivity index (χ1n) is 9.64. The highest BCUT2D eigenvalue weighted by molar-refractivity contribution is 5.97. The lowest BCUT2D eigenvalue weighted by atomic mass is 10.0. The van der Waals surface area contributed by atoms with Gasteiger partial charge in [0.05, 0.1) is 42.6 Å². The summed E-state index contributed by atoms with van der Waals surface area (Å²) in [6.45, 7) is 2.73. The Hall–Kier alpha value is -3.50. The van der Waals surface area contributed by atoms with Gasteiger partial charge >= 0.3 is 6.18 Å². The van der Waals surface area contributed by atoms with E-state index in [0.29, 0.717) is 36.8 Å². The zero-order valence-electron chi connectivity index (χ0n) is 16.6. The maximum absolute atomic E-state index is 13.2. The van der Waals surface area contributed by atoms with Crippen LogP contribution in [0, 0.1) is 6.92 Å². The molecule has 1 saturated heterocycles. The van der Waals surface area contributed by atoms with E-state index in [9.17, 15) is 18.0 Å². The first kappa shape index (κ1) is 20.8. The Morgan fingerprint density at radius 1 is 1.16 bits per heavy atom. The second kappa shape index (κ2) is 8.32. The predicted molar refractivity (Wildman–Crippen MR) is 103 cm³/mol. The molecule has 3 aromatic rings. The number of alkyl halides is 3. The molecule has 3 heterocycles. The van der Waals surface area contributed by atoms with E-state index in [1.54, 1.807) is 11.0 Å². The van der Waals surface area contributed by atoms with Crippen LogP contribution in [-0.2, 0) is 6.18 Å². The van der Waals surface area contributed by atoms with E-state index in [1.165, 1.54) is 17.2 Å². The van der Waals surface area contributed by atoms with Crippen molar-refractivity contribution in [3.05, 3.63) is 59.8 Å². The zero-order valence-corrected chi connectivity index (χ0v) is 16.6. The minimum absolute atomic E-state index is 0.0101. The van der Waals surface area contributed by atoms with Crippen molar-refractivity contribution >= 4 is 5.91 Å². The number of rotatable bonds is 4. The van der Waals surface area contributed by atoms with Gasteiger partial charge in [-0.2, -0.15) is 28.2 Å². The third-order valence-electron chi connectivity index (χ3n) is 4.89. The third-order valence-corrected chi connectivity index (χ3v) is 4.89. The second-order valence-corrected chi connectivity index (χ2v) is 7.21. The second-order valence-electron chi connectivity index (χ2n) is 7.21. The number of benzene rings is 1. The smallest absolute Gasteiger partial charge is 0.434 e. The number of ether oxygens (including phenoxy) is 1. The largest absolute Gasteiger partial charge is 0.471 e. The summed E-state index contributed by atoms with van der Waals surface area (Å²) in [6, 6.07) is 5.42. The Kier molecular flexibility index (Phi) is 5.57. The maximum atomic E-state index is 13.2. The van der Waals surface area contributed by atoms with Gasteiger partial charge in [0.15, 0.2) is 5.69 Å². The van der Waals surface area contributed by atoms with Crippen molar-refractivity contribution in [3.8, 4) is 11.6 Å². The molecule has 1 amide bonds. The number of amides is 1. The fraction of sp³-hybridized carbons (Fsp3) is 0.350. The van der Waals surface area contributed by atoms with Crippen molar-refractivity contribution in [3.63, 3.8) is 0 Å². The summed E-state index contributed by atoms with van der Waals surface area (Å²) in [5, 5.41) is 8.25. The standard InChI is InChI=1S/C20H19F3N6O2/c1-13-4-5-15(16(9-13)29-26-6-7-27-29)19(30)28-8-2-3-14(12-28)31-18-11-24-17(10-25-18)20(21,22)23/h4-7,9-11,14H,2-3,8,12H2,1H3. The summed E-state index contributed by atoms with van der Waals surface area (Å²) in [5.41, 5.74) is 0.910. The third kappa shape index (κ3) is 4.65. The van der Waals surface area contributed by atoms with Crippen molar-refractivity contribution in [1.29, 1.82) is 0 Å². The van der Waals surface area contributed by atoms with E-state index in [-0.39, 0.29) is 18.3 Å². The van der Waals surface area contributed by atoms with Crippen LogP contribution >= 0.6 is 0 Å². The van der Waals surface area contributed by atoms with Crippen molar-refractivity contribution in [1.82, 2.24) is 29.9 Å². The Bertz CT molecular complexity index is 1050. The summed E-state index contributed by atoms with van der Waals surface area (Å²) in [7, 11) is 0. The van der Waals surface area contributed by atoms with Crippen molar-refractivity contribution in [2.45, 2.75) is 32.0 Å². The molecule has 0 saturated carbocycles. The van der Waals surface area contributed by atoms with Gasteiger partial charge in [-0.05, 0) is 37.5 Å². The van der Waals surface area contributed by atoms with Crippen LogP contribution in [0.2, 0.25) is 0 Å². The van der Waals surface area contributed by atoms with Crippen LogP contribution in [0.1, 0.15) is 34.5 Å². The van der Waals surface area contributed by atoms with Crippen LogP contribution in [-0.4, -0.2) is 55.0 Å². The molecular weight excluding hydrogens is 413 g/mol. The first-order chi connectivity index (χ1) is 14.8. The minimum atomic E-state index is -4.56. The number of aryl methyl sites for hydroxylation is 1. The van der Waals surface area contributed by atoms with Gasteiger partial charge in [-0.3, -0.25) is 4.79 Å². The molecule has 1 aliphatic heterocycles. The molecule has 0 bridgehead atoms. The molecule has 1 unspecified atom stereocenters. The normalized spacial score (nSPS) is 16.9. The van der Waals surface area contributed by atoms with Crippen molar-refractivity contribution in [2.24, 2.45) is 0 Å². The summed E-state index contributed by atoms with van der Waals surface area (Å²) in [6.07, 6.45) is 1.02. The van der Waals surface area contributed by atoms with Crippen LogP contribution in [0.15, 0.2) is 43.0 Å². The highest BCUT2D eigenvalue weighted by Crippen LogP contribution is 2.28. The van der Waals surface area contributed by atoms with E-state index in [4.69, 9.17) is 4.74 Å². The summed E-state index contributed by atoms with van der Waals surface area (Å²) < 4.78 is 43.6. The average Bonchev–Trinajstić information content (AvgIpc) is 3.28. The lowest BCUT2D eigenvalue weighted by Crippen LogP contribution is -2.44. The summed E-state index contributed by atoms with van der Waals surface area (Å²) >= 11 is 0. The molecule has 0 spiro atoms. The molecule has 0 radical (unpaired) electrons. The number of likely N-dealkylation sites (tertiary alicyclic amines) is 1. The van der Waals surface area contributed by atoms with Crippen LogP contribution in [0.3, 0.4) is 0 Å². The number of nitrogens with zero attached hydrogens (tertiary/aromatic N) is 6. The number of halogens is 3. The summed E-state index contributed by atoms with van der Waals surface area (Å²) in [5.74, 6) is -0.205. The fourth-order valence-corrected chi connectivity index (χ4v) is 3.41.